The Kier molecular flexibility index (Phi) is 15.9. The van der Waals surface area contributed by atoms with Crippen molar-refractivity contribution >= 4 is 22.1 Å². The summed E-state index contributed by atoms with van der Waals surface area (Å²) < 4.78 is 30.4. The van der Waals surface area contributed by atoms with E-state index in [1.807, 2.05) is 0 Å². The summed E-state index contributed by atoms with van der Waals surface area (Å²) in [6.07, 6.45) is 0. The van der Waals surface area contributed by atoms with Gasteiger partial charge >= 0.3 is 11.9 Å². The summed E-state index contributed by atoms with van der Waals surface area (Å²) in [6, 6.07) is 2.32. The summed E-state index contributed by atoms with van der Waals surface area (Å²) in [5.74, 6) is -3.01. The molecule has 1 aromatic carbocycles. The molecule has 0 saturated carbocycles. The molecule has 0 aliphatic rings. The van der Waals surface area contributed by atoms with Crippen LogP contribution in [0.25, 0.3) is 0 Å². The fraction of sp³-hybridized carbons (Fsp3) is 0.600. The molecule has 0 amide bonds. The van der Waals surface area contributed by atoms with Crippen LogP contribution < -0.4 is 0 Å². The summed E-state index contributed by atoms with van der Waals surface area (Å²) in [5, 5.41) is 17.2. The third kappa shape index (κ3) is 11.9. The molecule has 1 aromatic rings. The van der Waals surface area contributed by atoms with Gasteiger partial charge in [0, 0.05) is 0 Å². The molecule has 0 bridgehead atoms. The Balaban J connectivity index is 0. The maximum absolute atomic E-state index is 10.8. The number of rotatable bonds is 9. The molecule has 0 unspecified atom stereocenters. The average Bonchev–Trinajstić information content (AvgIpc) is 2.70. The number of nitrogens with zero attached hydrogens (tertiary/aromatic N) is 2. The van der Waals surface area contributed by atoms with Gasteiger partial charge in [0.1, 0.15) is 4.90 Å². The Morgan fingerprint density at radius 3 is 1.33 bits per heavy atom. The van der Waals surface area contributed by atoms with Gasteiger partial charge in [-0.25, -0.2) is 9.59 Å². The van der Waals surface area contributed by atoms with Crippen LogP contribution >= 0.6 is 0 Å². The van der Waals surface area contributed by atoms with Crippen LogP contribution in [0.3, 0.4) is 0 Å². The van der Waals surface area contributed by atoms with Crippen molar-refractivity contribution in [2.24, 2.45) is 0 Å². The molecule has 174 valence electrons. The first-order chi connectivity index (χ1) is 13.9. The second kappa shape index (κ2) is 15.8. The zero-order valence-electron chi connectivity index (χ0n) is 18.8. The van der Waals surface area contributed by atoms with Gasteiger partial charge < -0.3 is 20.0 Å². The number of aromatic carboxylic acids is 2. The van der Waals surface area contributed by atoms with Crippen LogP contribution in [0.15, 0.2) is 23.1 Å². The first kappa shape index (κ1) is 30.2. The predicted octanol–water partition coefficient (Wildman–Crippen LogP) is 3.03. The van der Waals surface area contributed by atoms with Crippen LogP contribution in [0.5, 0.6) is 0 Å². The van der Waals surface area contributed by atoms with E-state index >= 15 is 0 Å². The first-order valence-electron chi connectivity index (χ1n) is 9.95. The van der Waals surface area contributed by atoms with Gasteiger partial charge in [-0.05, 0) is 57.5 Å². The summed E-state index contributed by atoms with van der Waals surface area (Å²) in [5.41, 5.74) is -1.12. The molecule has 9 nitrogen and oxygen atoms in total. The van der Waals surface area contributed by atoms with Gasteiger partial charge in [0.15, 0.2) is 0 Å². The summed E-state index contributed by atoms with van der Waals surface area (Å²) in [6.45, 7) is 20.2. The molecular weight excluding hydrogens is 412 g/mol. The van der Waals surface area contributed by atoms with E-state index in [-0.39, 0.29) is 0 Å². The van der Waals surface area contributed by atoms with Gasteiger partial charge in [-0.15, -0.1) is 0 Å². The lowest BCUT2D eigenvalue weighted by molar-refractivity contribution is 0.0677. The lowest BCUT2D eigenvalue weighted by atomic mass is 10.1. The largest absolute Gasteiger partial charge is 0.478 e. The van der Waals surface area contributed by atoms with Crippen LogP contribution in [0.2, 0.25) is 0 Å². The van der Waals surface area contributed by atoms with E-state index in [4.69, 9.17) is 14.8 Å². The number of carboxylic acid groups (broad SMARTS) is 2. The van der Waals surface area contributed by atoms with Gasteiger partial charge in [0.05, 0.1) is 11.1 Å². The molecule has 0 atom stereocenters. The van der Waals surface area contributed by atoms with Gasteiger partial charge in [-0.1, -0.05) is 41.5 Å². The molecule has 0 aliphatic heterocycles. The maximum atomic E-state index is 10.8. The fourth-order valence-corrected chi connectivity index (χ4v) is 3.10. The normalized spacial score (nSPS) is 10.7. The van der Waals surface area contributed by atoms with Gasteiger partial charge in [-0.3, -0.25) is 4.55 Å². The summed E-state index contributed by atoms with van der Waals surface area (Å²) in [7, 11) is -4.78. The SMILES string of the molecule is CCN(CC)CC.CCN(CC)CC.O=C(O)c1ccc(C(=O)O)c(S(=O)(=O)O)c1. The topological polar surface area (TPSA) is 135 Å². The van der Waals surface area contributed by atoms with E-state index in [1.165, 1.54) is 39.3 Å². The molecule has 0 aromatic heterocycles. The van der Waals surface area contributed by atoms with Crippen LogP contribution in [0, 0.1) is 0 Å². The second-order valence-electron chi connectivity index (χ2n) is 6.04. The molecular formula is C20H36N2O7S. The van der Waals surface area contributed by atoms with Crippen molar-refractivity contribution < 1.29 is 32.8 Å². The minimum absolute atomic E-state index is 0.433. The molecule has 0 aliphatic carbocycles. The Labute approximate surface area is 180 Å². The van der Waals surface area contributed by atoms with Crippen molar-refractivity contribution in [1.82, 2.24) is 9.80 Å². The van der Waals surface area contributed by atoms with E-state index in [0.29, 0.717) is 6.07 Å². The minimum Gasteiger partial charge on any atom is -0.478 e. The molecule has 0 spiro atoms. The summed E-state index contributed by atoms with van der Waals surface area (Å²) >= 11 is 0. The molecule has 0 saturated heterocycles. The zero-order chi connectivity index (χ0) is 23.9. The van der Waals surface area contributed by atoms with E-state index in [9.17, 15) is 18.0 Å². The van der Waals surface area contributed by atoms with Crippen LogP contribution in [-0.2, 0) is 10.1 Å². The Morgan fingerprint density at radius 2 is 1.13 bits per heavy atom. The number of carbonyl (C=O) groups is 2. The lowest BCUT2D eigenvalue weighted by Gasteiger charge is -2.13. The van der Waals surface area contributed by atoms with E-state index < -0.39 is 38.1 Å². The molecule has 0 fully saturated rings. The van der Waals surface area contributed by atoms with E-state index in [0.717, 1.165) is 12.1 Å². The van der Waals surface area contributed by atoms with Crippen LogP contribution in [0.4, 0.5) is 0 Å². The smallest absolute Gasteiger partial charge is 0.337 e. The summed E-state index contributed by atoms with van der Waals surface area (Å²) in [4.78, 5) is 25.0. The highest BCUT2D eigenvalue weighted by Crippen LogP contribution is 2.17. The number of benzene rings is 1. The van der Waals surface area contributed by atoms with Crippen molar-refractivity contribution in [1.29, 1.82) is 0 Å². The Morgan fingerprint density at radius 1 is 0.767 bits per heavy atom. The number of hydrogen-bond acceptors (Lipinski definition) is 6. The third-order valence-electron chi connectivity index (χ3n) is 4.42. The standard InChI is InChI=1S/C8H6O7S.2C6H15N/c9-7(10)4-1-2-5(8(11)12)6(3-4)16(13,14)15;2*1-4-7(5-2)6-3/h1-3H,(H,9,10)(H,11,12)(H,13,14,15);2*4-6H2,1-3H3. The predicted molar refractivity (Wildman–Crippen MR) is 117 cm³/mol. The van der Waals surface area contributed by atoms with Crippen LogP contribution in [-0.4, -0.2) is 84.2 Å². The zero-order valence-corrected chi connectivity index (χ0v) is 19.6. The maximum Gasteiger partial charge on any atom is 0.337 e. The van der Waals surface area contributed by atoms with Gasteiger partial charge in [-0.2, -0.15) is 8.42 Å². The molecule has 0 radical (unpaired) electrons. The van der Waals surface area contributed by atoms with E-state index in [1.54, 1.807) is 0 Å². The molecule has 30 heavy (non-hydrogen) atoms. The van der Waals surface area contributed by atoms with Crippen molar-refractivity contribution in [3.63, 3.8) is 0 Å². The highest BCUT2D eigenvalue weighted by atomic mass is 32.2. The molecule has 10 heteroatoms. The first-order valence-corrected chi connectivity index (χ1v) is 11.4. The van der Waals surface area contributed by atoms with Crippen molar-refractivity contribution in [3.8, 4) is 0 Å². The van der Waals surface area contributed by atoms with Crippen molar-refractivity contribution in [3.05, 3.63) is 29.3 Å². The Bertz CT molecular complexity index is 721. The number of carboxylic acids is 2. The van der Waals surface area contributed by atoms with Gasteiger partial charge in [0.25, 0.3) is 10.1 Å². The molecule has 1 rings (SSSR count). The average molecular weight is 449 g/mol. The highest BCUT2D eigenvalue weighted by Gasteiger charge is 2.21. The Hall–Kier alpha value is -2.01. The fourth-order valence-electron chi connectivity index (χ4n) is 2.39. The van der Waals surface area contributed by atoms with Gasteiger partial charge in [0.2, 0.25) is 0 Å². The lowest BCUT2D eigenvalue weighted by Crippen LogP contribution is -2.21. The molecule has 3 N–H and O–H groups in total. The second-order valence-corrected chi connectivity index (χ2v) is 7.43. The monoisotopic (exact) mass is 448 g/mol. The third-order valence-corrected chi connectivity index (χ3v) is 5.31. The number of hydrogen-bond donors (Lipinski definition) is 3. The molecule has 0 heterocycles. The van der Waals surface area contributed by atoms with E-state index in [2.05, 4.69) is 51.3 Å². The van der Waals surface area contributed by atoms with Crippen molar-refractivity contribution in [2.75, 3.05) is 39.3 Å². The minimum atomic E-state index is -4.78. The highest BCUT2D eigenvalue weighted by molar-refractivity contribution is 7.86. The quantitative estimate of drug-likeness (QED) is 0.487. The van der Waals surface area contributed by atoms with Crippen LogP contribution in [0.1, 0.15) is 62.3 Å². The van der Waals surface area contributed by atoms with Crippen molar-refractivity contribution in [2.45, 2.75) is 46.4 Å².